The molecule has 0 saturated carbocycles. The maximum atomic E-state index is 6.53. The summed E-state index contributed by atoms with van der Waals surface area (Å²) in [5.74, 6) is 1.93. The highest BCUT2D eigenvalue weighted by Crippen LogP contribution is 2.35. The van der Waals surface area contributed by atoms with Gasteiger partial charge in [-0.2, -0.15) is 0 Å². The van der Waals surface area contributed by atoms with Crippen LogP contribution in [0.3, 0.4) is 0 Å². The van der Waals surface area contributed by atoms with Crippen molar-refractivity contribution in [3.8, 4) is 11.5 Å². The summed E-state index contributed by atoms with van der Waals surface area (Å²) in [4.78, 5) is 0. The first-order valence-electron chi connectivity index (χ1n) is 13.1. The van der Waals surface area contributed by atoms with Gasteiger partial charge < -0.3 is 4.74 Å². The summed E-state index contributed by atoms with van der Waals surface area (Å²) in [6, 6.07) is 53.3. The van der Waals surface area contributed by atoms with Crippen LogP contribution in [0, 0.1) is 0 Å². The Morgan fingerprint density at radius 2 is 0.789 bits per heavy atom. The van der Waals surface area contributed by atoms with Gasteiger partial charge in [-0.3, -0.25) is 0 Å². The predicted octanol–water partition coefficient (Wildman–Crippen LogP) is 6.63. The fraction of sp³-hybridized carbons (Fsp3) is 0. The average molecular weight is 501 g/mol. The van der Waals surface area contributed by atoms with Crippen LogP contribution in [-0.4, -0.2) is 8.07 Å². The Balaban J connectivity index is 1.57. The Morgan fingerprint density at radius 1 is 0.342 bits per heavy atom. The molecule has 0 amide bonds. The summed E-state index contributed by atoms with van der Waals surface area (Å²) in [6.45, 7) is 0. The van der Waals surface area contributed by atoms with Crippen LogP contribution in [0.4, 0.5) is 0 Å². The van der Waals surface area contributed by atoms with Crippen LogP contribution in [0.1, 0.15) is 0 Å². The molecule has 1 heterocycles. The highest BCUT2D eigenvalue weighted by molar-refractivity contribution is 7.20. The van der Waals surface area contributed by atoms with Gasteiger partial charge in [0.2, 0.25) is 0 Å². The van der Waals surface area contributed by atoms with Crippen molar-refractivity contribution in [2.75, 3.05) is 0 Å². The summed E-state index contributed by atoms with van der Waals surface area (Å²) < 4.78 is 6.53. The van der Waals surface area contributed by atoms with Crippen LogP contribution in [0.5, 0.6) is 11.5 Å². The third-order valence-electron chi connectivity index (χ3n) is 8.19. The third kappa shape index (κ3) is 2.86. The van der Waals surface area contributed by atoms with Crippen molar-refractivity contribution in [3.05, 3.63) is 146 Å². The SMILES string of the molecule is c1ccc([Si]2(c3ccc4c5ccccc5c5ccccc5c4c3)c3ccccc3Oc3ccccc32)cc1. The summed E-state index contributed by atoms with van der Waals surface area (Å²) in [5.41, 5.74) is 0. The number of rotatable bonds is 2. The maximum absolute atomic E-state index is 6.53. The van der Waals surface area contributed by atoms with E-state index in [2.05, 4.69) is 146 Å². The van der Waals surface area contributed by atoms with Gasteiger partial charge in [0.15, 0.2) is 8.07 Å². The second-order valence-corrected chi connectivity index (χ2v) is 13.8. The Bertz CT molecular complexity index is 1930. The van der Waals surface area contributed by atoms with Crippen molar-refractivity contribution in [1.29, 1.82) is 0 Å². The first kappa shape index (κ1) is 21.4. The fourth-order valence-corrected chi connectivity index (χ4v) is 11.6. The van der Waals surface area contributed by atoms with Gasteiger partial charge in [0.05, 0.1) is 0 Å². The Morgan fingerprint density at radius 3 is 1.37 bits per heavy atom. The van der Waals surface area contributed by atoms with Gasteiger partial charge in [0.25, 0.3) is 0 Å². The Labute approximate surface area is 222 Å². The zero-order valence-electron chi connectivity index (χ0n) is 20.8. The van der Waals surface area contributed by atoms with E-state index in [1.54, 1.807) is 0 Å². The first-order chi connectivity index (χ1) is 18.9. The molecule has 1 nitrogen and oxygen atoms in total. The molecule has 0 aliphatic carbocycles. The van der Waals surface area contributed by atoms with E-state index in [9.17, 15) is 0 Å². The molecule has 0 fully saturated rings. The van der Waals surface area contributed by atoms with E-state index in [1.165, 1.54) is 53.1 Å². The Hall–Kier alpha value is -4.66. The van der Waals surface area contributed by atoms with Crippen molar-refractivity contribution in [1.82, 2.24) is 0 Å². The fourth-order valence-electron chi connectivity index (χ4n) is 6.61. The summed E-state index contributed by atoms with van der Waals surface area (Å²) in [6.07, 6.45) is 0. The summed E-state index contributed by atoms with van der Waals surface area (Å²) in [7, 11) is -2.67. The van der Waals surface area contributed by atoms with E-state index in [0.29, 0.717) is 0 Å². The van der Waals surface area contributed by atoms with Crippen molar-refractivity contribution in [3.63, 3.8) is 0 Å². The quantitative estimate of drug-likeness (QED) is 0.191. The number of hydrogen-bond acceptors (Lipinski definition) is 1. The minimum absolute atomic E-state index is 0.963. The van der Waals surface area contributed by atoms with Gasteiger partial charge in [-0.1, -0.05) is 133 Å². The summed E-state index contributed by atoms with van der Waals surface area (Å²) in [5, 5.41) is 13.2. The predicted molar refractivity (Wildman–Crippen MR) is 163 cm³/mol. The van der Waals surface area contributed by atoms with Crippen molar-refractivity contribution < 1.29 is 4.74 Å². The smallest absolute Gasteiger partial charge is 0.188 e. The molecule has 8 rings (SSSR count). The molecule has 7 aromatic carbocycles. The largest absolute Gasteiger partial charge is 0.458 e. The Kier molecular flexibility index (Phi) is 4.61. The van der Waals surface area contributed by atoms with Gasteiger partial charge >= 0.3 is 0 Å². The molecule has 0 bridgehead atoms. The number of ether oxygens (including phenoxy) is 1. The van der Waals surface area contributed by atoms with Crippen molar-refractivity contribution in [2.45, 2.75) is 0 Å². The molecular formula is C36H24OSi. The standard InChI is InChI=1S/C36H24OSi/c1-2-12-25(13-3-1)38(35-20-10-8-18-33(35)37-34-19-9-11-21-36(34)38)26-22-23-31-29-16-5-4-14-27(29)28-15-6-7-17-30(28)32(31)24-26/h1-24H. The number of para-hydroxylation sites is 2. The van der Waals surface area contributed by atoms with Crippen LogP contribution in [-0.2, 0) is 0 Å². The van der Waals surface area contributed by atoms with E-state index < -0.39 is 8.07 Å². The van der Waals surface area contributed by atoms with E-state index >= 15 is 0 Å². The van der Waals surface area contributed by atoms with Crippen LogP contribution < -0.4 is 25.5 Å². The van der Waals surface area contributed by atoms with E-state index in [1.807, 2.05) is 0 Å². The molecule has 1 aliphatic rings. The molecule has 0 spiro atoms. The average Bonchev–Trinajstić information content (AvgIpc) is 3.00. The van der Waals surface area contributed by atoms with Gasteiger partial charge in [0, 0.05) is 0 Å². The van der Waals surface area contributed by atoms with Crippen LogP contribution in [0.2, 0.25) is 0 Å². The van der Waals surface area contributed by atoms with Gasteiger partial charge in [-0.25, -0.2) is 0 Å². The lowest BCUT2D eigenvalue weighted by Crippen LogP contribution is -2.76. The van der Waals surface area contributed by atoms with Crippen molar-refractivity contribution >= 4 is 61.1 Å². The zero-order chi connectivity index (χ0) is 25.1. The van der Waals surface area contributed by atoms with Crippen LogP contribution in [0.15, 0.2) is 146 Å². The highest BCUT2D eigenvalue weighted by atomic mass is 28.3. The minimum Gasteiger partial charge on any atom is -0.458 e. The van der Waals surface area contributed by atoms with Gasteiger partial charge in [-0.15, -0.1) is 0 Å². The lowest BCUT2D eigenvalue weighted by Gasteiger charge is -2.39. The normalized spacial score (nSPS) is 13.7. The monoisotopic (exact) mass is 500 g/mol. The molecule has 0 radical (unpaired) electrons. The summed E-state index contributed by atoms with van der Waals surface area (Å²) >= 11 is 0. The molecule has 178 valence electrons. The van der Waals surface area contributed by atoms with Gasteiger partial charge in [-0.05, 0) is 65.2 Å². The zero-order valence-corrected chi connectivity index (χ0v) is 21.8. The second-order valence-electron chi connectivity index (χ2n) is 10.1. The highest BCUT2D eigenvalue weighted by Gasteiger charge is 2.47. The minimum atomic E-state index is -2.67. The number of benzene rings is 7. The van der Waals surface area contributed by atoms with E-state index in [4.69, 9.17) is 4.74 Å². The van der Waals surface area contributed by atoms with Crippen LogP contribution in [0.25, 0.3) is 32.3 Å². The second kappa shape index (κ2) is 8.17. The first-order valence-corrected chi connectivity index (χ1v) is 15.1. The van der Waals surface area contributed by atoms with Crippen molar-refractivity contribution in [2.24, 2.45) is 0 Å². The van der Waals surface area contributed by atoms with Crippen LogP contribution >= 0.6 is 0 Å². The molecule has 0 unspecified atom stereocenters. The molecule has 38 heavy (non-hydrogen) atoms. The van der Waals surface area contributed by atoms with Gasteiger partial charge in [0.1, 0.15) is 11.5 Å². The third-order valence-corrected chi connectivity index (χ3v) is 13.0. The molecular weight excluding hydrogens is 476 g/mol. The lowest BCUT2D eigenvalue weighted by atomic mass is 9.94. The maximum Gasteiger partial charge on any atom is 0.188 e. The molecule has 0 atom stereocenters. The molecule has 1 aliphatic heterocycles. The molecule has 0 N–H and O–H groups in total. The number of hydrogen-bond donors (Lipinski definition) is 0. The lowest BCUT2D eigenvalue weighted by molar-refractivity contribution is 0.487. The van der Waals surface area contributed by atoms with E-state index in [0.717, 1.165) is 11.5 Å². The molecule has 7 aromatic rings. The molecule has 0 aromatic heterocycles. The topological polar surface area (TPSA) is 9.23 Å². The van der Waals surface area contributed by atoms with E-state index in [-0.39, 0.29) is 0 Å². The number of fused-ring (bicyclic) bond motifs is 8. The molecule has 2 heteroatoms. The molecule has 0 saturated heterocycles.